The maximum absolute atomic E-state index is 13.4. The van der Waals surface area contributed by atoms with Gasteiger partial charge in [-0.25, -0.2) is 8.42 Å². The van der Waals surface area contributed by atoms with Crippen molar-refractivity contribution >= 4 is 21.7 Å². The van der Waals surface area contributed by atoms with Gasteiger partial charge in [-0.3, -0.25) is 9.59 Å². The van der Waals surface area contributed by atoms with Crippen LogP contribution in [-0.4, -0.2) is 61.9 Å². The second-order valence-corrected chi connectivity index (χ2v) is 9.77. The summed E-state index contributed by atoms with van der Waals surface area (Å²) in [6.07, 6.45) is -0.423. The van der Waals surface area contributed by atoms with E-state index >= 15 is 0 Å². The third-order valence-corrected chi connectivity index (χ3v) is 8.23. The SMILES string of the molecule is CC#CCOc1ccc(S(=O)(=O)C2(C(=O)O)CCN(C(=O)c3ccc(OC)cc3)CC2)cc1. The van der Waals surface area contributed by atoms with Crippen LogP contribution in [0.3, 0.4) is 0 Å². The van der Waals surface area contributed by atoms with E-state index in [9.17, 15) is 23.1 Å². The number of carboxylic acid groups (broad SMARTS) is 1. The van der Waals surface area contributed by atoms with Gasteiger partial charge in [0.25, 0.3) is 5.91 Å². The molecule has 1 amide bonds. The zero-order valence-electron chi connectivity index (χ0n) is 18.4. The van der Waals surface area contributed by atoms with Crippen LogP contribution in [0.25, 0.3) is 0 Å². The summed E-state index contributed by atoms with van der Waals surface area (Å²) in [5.74, 6) is 4.76. The first-order chi connectivity index (χ1) is 15.7. The second-order valence-electron chi connectivity index (χ2n) is 7.51. The summed E-state index contributed by atoms with van der Waals surface area (Å²) in [6.45, 7) is 1.86. The van der Waals surface area contributed by atoms with Gasteiger partial charge in [0.2, 0.25) is 0 Å². The predicted octanol–water partition coefficient (Wildman–Crippen LogP) is 2.63. The quantitative estimate of drug-likeness (QED) is 0.618. The van der Waals surface area contributed by atoms with Crippen LogP contribution in [0, 0.1) is 11.8 Å². The second kappa shape index (κ2) is 9.96. The average molecular weight is 472 g/mol. The summed E-state index contributed by atoms with van der Waals surface area (Å²) in [4.78, 5) is 26.4. The Bertz CT molecular complexity index is 1170. The number of nitrogens with zero attached hydrogens (tertiary/aromatic N) is 1. The minimum atomic E-state index is -4.23. The van der Waals surface area contributed by atoms with Crippen molar-refractivity contribution in [1.29, 1.82) is 0 Å². The maximum atomic E-state index is 13.4. The molecule has 1 fully saturated rings. The standard InChI is InChI=1S/C24H25NO7S/c1-3-4-17-32-20-9-11-21(12-10-20)33(29,30)24(23(27)28)13-15-25(16-14-24)22(26)18-5-7-19(31-2)8-6-18/h5-12H,13-17H2,1-2H3,(H,27,28). The van der Waals surface area contributed by atoms with Crippen molar-refractivity contribution in [2.75, 3.05) is 26.8 Å². The van der Waals surface area contributed by atoms with E-state index in [0.29, 0.717) is 17.1 Å². The molecule has 2 aromatic rings. The molecule has 0 unspecified atom stereocenters. The minimum absolute atomic E-state index is 0.00722. The van der Waals surface area contributed by atoms with E-state index in [1.807, 2.05) is 0 Å². The van der Waals surface area contributed by atoms with Crippen molar-refractivity contribution in [3.8, 4) is 23.3 Å². The first-order valence-electron chi connectivity index (χ1n) is 10.3. The lowest BCUT2D eigenvalue weighted by molar-refractivity contribution is -0.141. The van der Waals surface area contributed by atoms with Crippen LogP contribution in [0.4, 0.5) is 0 Å². The Morgan fingerprint density at radius 2 is 1.61 bits per heavy atom. The Hall–Kier alpha value is -3.51. The largest absolute Gasteiger partial charge is 0.497 e. The highest BCUT2D eigenvalue weighted by Gasteiger charge is 2.53. The highest BCUT2D eigenvalue weighted by atomic mass is 32.2. The van der Waals surface area contributed by atoms with Gasteiger partial charge in [-0.2, -0.15) is 0 Å². The summed E-state index contributed by atoms with van der Waals surface area (Å²) in [6, 6.07) is 12.2. The summed E-state index contributed by atoms with van der Waals surface area (Å²) < 4.78 is 35.2. The number of amides is 1. The number of carboxylic acids is 1. The molecule has 0 aliphatic carbocycles. The van der Waals surface area contributed by atoms with E-state index in [4.69, 9.17) is 9.47 Å². The van der Waals surface area contributed by atoms with Crippen molar-refractivity contribution in [2.24, 2.45) is 0 Å². The number of benzene rings is 2. The fourth-order valence-electron chi connectivity index (χ4n) is 3.72. The number of rotatable bonds is 7. The number of ether oxygens (including phenoxy) is 2. The van der Waals surface area contributed by atoms with Gasteiger partial charge >= 0.3 is 5.97 Å². The van der Waals surface area contributed by atoms with Gasteiger partial charge in [0.1, 0.15) is 18.1 Å². The van der Waals surface area contributed by atoms with Crippen LogP contribution >= 0.6 is 0 Å². The number of aliphatic carboxylic acids is 1. The van der Waals surface area contributed by atoms with E-state index in [-0.39, 0.29) is 43.3 Å². The van der Waals surface area contributed by atoms with Crippen molar-refractivity contribution in [2.45, 2.75) is 29.4 Å². The van der Waals surface area contributed by atoms with Gasteiger partial charge in [0, 0.05) is 18.7 Å². The normalized spacial score (nSPS) is 15.2. The first-order valence-corrected chi connectivity index (χ1v) is 11.8. The smallest absolute Gasteiger partial charge is 0.325 e. The fourth-order valence-corrected chi connectivity index (χ4v) is 5.61. The number of carbonyl (C=O) groups excluding carboxylic acids is 1. The average Bonchev–Trinajstić information content (AvgIpc) is 2.84. The minimum Gasteiger partial charge on any atom is -0.497 e. The Kier molecular flexibility index (Phi) is 7.29. The van der Waals surface area contributed by atoms with E-state index in [0.717, 1.165) is 0 Å². The van der Waals surface area contributed by atoms with Gasteiger partial charge in [-0.05, 0) is 68.3 Å². The lowest BCUT2D eigenvalue weighted by Gasteiger charge is -2.38. The molecule has 0 atom stereocenters. The van der Waals surface area contributed by atoms with Crippen molar-refractivity contribution in [3.05, 3.63) is 54.1 Å². The van der Waals surface area contributed by atoms with E-state index in [2.05, 4.69) is 11.8 Å². The van der Waals surface area contributed by atoms with Crippen molar-refractivity contribution in [1.82, 2.24) is 4.90 Å². The summed E-state index contributed by atoms with van der Waals surface area (Å²) in [7, 11) is -2.70. The predicted molar refractivity (Wildman–Crippen MR) is 121 cm³/mol. The van der Waals surface area contributed by atoms with Gasteiger partial charge < -0.3 is 19.5 Å². The van der Waals surface area contributed by atoms with Gasteiger partial charge in [0.05, 0.1) is 12.0 Å². The Morgan fingerprint density at radius 3 is 2.12 bits per heavy atom. The first kappa shape index (κ1) is 24.1. The van der Waals surface area contributed by atoms with Crippen LogP contribution in [0.2, 0.25) is 0 Å². The topological polar surface area (TPSA) is 110 Å². The molecule has 1 aliphatic rings. The number of likely N-dealkylation sites (tertiary alicyclic amines) is 1. The molecule has 1 N–H and O–H groups in total. The van der Waals surface area contributed by atoms with Gasteiger partial charge in [0.15, 0.2) is 14.6 Å². The Morgan fingerprint density at radius 1 is 1.03 bits per heavy atom. The number of sulfone groups is 1. The molecule has 0 bridgehead atoms. The maximum Gasteiger partial charge on any atom is 0.325 e. The molecule has 3 rings (SSSR count). The fraction of sp³-hybridized carbons (Fsp3) is 0.333. The lowest BCUT2D eigenvalue weighted by Crippen LogP contribution is -2.55. The van der Waals surface area contributed by atoms with Gasteiger partial charge in [-0.15, -0.1) is 5.92 Å². The molecule has 0 spiro atoms. The van der Waals surface area contributed by atoms with Crippen molar-refractivity contribution in [3.63, 3.8) is 0 Å². The number of methoxy groups -OCH3 is 1. The van der Waals surface area contributed by atoms with Crippen LogP contribution in [0.1, 0.15) is 30.1 Å². The van der Waals surface area contributed by atoms with Gasteiger partial charge in [-0.1, -0.05) is 5.92 Å². The van der Waals surface area contributed by atoms with Crippen LogP contribution in [0.5, 0.6) is 11.5 Å². The molecule has 1 heterocycles. The zero-order valence-corrected chi connectivity index (χ0v) is 19.2. The van der Waals surface area contributed by atoms with E-state index in [1.165, 1.54) is 36.3 Å². The number of carbonyl (C=O) groups is 2. The molecular formula is C24H25NO7S. The van der Waals surface area contributed by atoms with E-state index in [1.54, 1.807) is 31.2 Å². The number of piperidine rings is 1. The molecule has 33 heavy (non-hydrogen) atoms. The van der Waals surface area contributed by atoms with Crippen LogP contribution in [0.15, 0.2) is 53.4 Å². The molecular weight excluding hydrogens is 446 g/mol. The zero-order chi connectivity index (χ0) is 24.1. The molecule has 9 heteroatoms. The summed E-state index contributed by atoms with van der Waals surface area (Å²) in [5, 5.41) is 9.95. The molecule has 174 valence electrons. The van der Waals surface area contributed by atoms with Crippen molar-refractivity contribution < 1.29 is 32.6 Å². The summed E-state index contributed by atoms with van der Waals surface area (Å²) >= 11 is 0. The highest BCUT2D eigenvalue weighted by Crippen LogP contribution is 2.37. The van der Waals surface area contributed by atoms with Crippen LogP contribution < -0.4 is 9.47 Å². The molecule has 0 aromatic heterocycles. The monoisotopic (exact) mass is 471 g/mol. The third kappa shape index (κ3) is 4.81. The molecule has 0 radical (unpaired) electrons. The third-order valence-electron chi connectivity index (χ3n) is 5.72. The molecule has 1 aliphatic heterocycles. The summed E-state index contributed by atoms with van der Waals surface area (Å²) in [5.41, 5.74) is 0.421. The number of hydrogen-bond acceptors (Lipinski definition) is 6. The Balaban J connectivity index is 1.78. The highest BCUT2D eigenvalue weighted by molar-refractivity contribution is 7.93. The van der Waals surface area contributed by atoms with Crippen LogP contribution in [-0.2, 0) is 14.6 Å². The number of hydrogen-bond donors (Lipinski definition) is 1. The van der Waals surface area contributed by atoms with E-state index < -0.39 is 20.6 Å². The Labute approximate surface area is 193 Å². The molecule has 2 aromatic carbocycles. The molecule has 0 saturated carbocycles. The molecule has 8 nitrogen and oxygen atoms in total. The lowest BCUT2D eigenvalue weighted by atomic mass is 9.95. The molecule has 1 saturated heterocycles.